The molecule has 1 saturated carbocycles. The molecule has 5 nitrogen and oxygen atoms in total. The lowest BCUT2D eigenvalue weighted by atomic mass is 9.97. The smallest absolute Gasteiger partial charge is 0.248 e. The highest BCUT2D eigenvalue weighted by molar-refractivity contribution is 6.16. The van der Waals surface area contributed by atoms with Crippen LogP contribution in [0.15, 0.2) is 47.5 Å². The predicted molar refractivity (Wildman–Crippen MR) is 101 cm³/mol. The van der Waals surface area contributed by atoms with Crippen molar-refractivity contribution in [3.8, 4) is 0 Å². The summed E-state index contributed by atoms with van der Waals surface area (Å²) in [6, 6.07) is 13.2. The Morgan fingerprint density at radius 3 is 2.65 bits per heavy atom. The van der Waals surface area contributed by atoms with Gasteiger partial charge in [-0.1, -0.05) is 31.0 Å². The quantitative estimate of drug-likeness (QED) is 0.889. The normalized spacial score (nSPS) is 16.2. The Hall–Kier alpha value is -2.95. The SMILES string of the molecule is NC(=O)c1ccc2c(c1)C(c1cccc(NC(=O)C3CCCC3)c1)=NC2. The number of hydrogen-bond donors (Lipinski definition) is 2. The standard InChI is InChI=1S/C21H21N3O2/c22-20(25)15-8-9-16-12-23-19(18(16)11-15)14-6-3-7-17(10-14)24-21(26)13-4-1-2-5-13/h3,6-11,13H,1-2,4-5,12H2,(H2,22,25)(H,24,26). The van der Waals surface area contributed by atoms with E-state index in [0.717, 1.165) is 53.8 Å². The van der Waals surface area contributed by atoms with Crippen LogP contribution in [-0.2, 0) is 11.3 Å². The topological polar surface area (TPSA) is 84.5 Å². The molecule has 0 atom stereocenters. The van der Waals surface area contributed by atoms with Crippen LogP contribution in [-0.4, -0.2) is 17.5 Å². The van der Waals surface area contributed by atoms with E-state index in [1.165, 1.54) is 0 Å². The van der Waals surface area contributed by atoms with Crippen molar-refractivity contribution < 1.29 is 9.59 Å². The number of fused-ring (bicyclic) bond motifs is 1. The zero-order chi connectivity index (χ0) is 18.1. The van der Waals surface area contributed by atoms with Crippen LogP contribution < -0.4 is 11.1 Å². The van der Waals surface area contributed by atoms with Gasteiger partial charge < -0.3 is 11.1 Å². The summed E-state index contributed by atoms with van der Waals surface area (Å²) in [4.78, 5) is 28.5. The third kappa shape index (κ3) is 3.12. The van der Waals surface area contributed by atoms with Crippen molar-refractivity contribution in [3.05, 3.63) is 64.7 Å². The zero-order valence-electron chi connectivity index (χ0n) is 14.5. The molecule has 5 heteroatoms. The largest absolute Gasteiger partial charge is 0.366 e. The van der Waals surface area contributed by atoms with Crippen LogP contribution in [0, 0.1) is 5.92 Å². The van der Waals surface area contributed by atoms with E-state index in [1.54, 1.807) is 12.1 Å². The molecule has 0 bridgehead atoms. The first-order valence-corrected chi connectivity index (χ1v) is 9.00. The first-order chi connectivity index (χ1) is 12.6. The molecule has 2 aliphatic rings. The number of nitrogens with zero attached hydrogens (tertiary/aromatic N) is 1. The second kappa shape index (κ2) is 6.75. The molecule has 2 aromatic rings. The summed E-state index contributed by atoms with van der Waals surface area (Å²) in [6.45, 7) is 0.586. The number of amides is 2. The number of hydrogen-bond acceptors (Lipinski definition) is 3. The van der Waals surface area contributed by atoms with Gasteiger partial charge in [0, 0.05) is 28.3 Å². The average molecular weight is 347 g/mol. The van der Waals surface area contributed by atoms with Crippen molar-refractivity contribution in [1.29, 1.82) is 0 Å². The van der Waals surface area contributed by atoms with Gasteiger partial charge in [0.15, 0.2) is 0 Å². The molecule has 4 rings (SSSR count). The fourth-order valence-corrected chi connectivity index (χ4v) is 3.76. The van der Waals surface area contributed by atoms with Crippen LogP contribution in [0.5, 0.6) is 0 Å². The maximum atomic E-state index is 12.4. The van der Waals surface area contributed by atoms with Crippen LogP contribution in [0.25, 0.3) is 0 Å². The zero-order valence-corrected chi connectivity index (χ0v) is 14.5. The van der Waals surface area contributed by atoms with Crippen molar-refractivity contribution >= 4 is 23.2 Å². The Kier molecular flexibility index (Phi) is 4.29. The summed E-state index contributed by atoms with van der Waals surface area (Å²) in [7, 11) is 0. The maximum absolute atomic E-state index is 12.4. The van der Waals surface area contributed by atoms with Crippen LogP contribution in [0.4, 0.5) is 5.69 Å². The Bertz CT molecular complexity index is 911. The van der Waals surface area contributed by atoms with Crippen molar-refractivity contribution in [1.82, 2.24) is 0 Å². The third-order valence-corrected chi connectivity index (χ3v) is 5.19. The molecule has 0 radical (unpaired) electrons. The third-order valence-electron chi connectivity index (χ3n) is 5.19. The van der Waals surface area contributed by atoms with Crippen molar-refractivity contribution in [2.45, 2.75) is 32.2 Å². The molecule has 0 spiro atoms. The fourth-order valence-electron chi connectivity index (χ4n) is 3.76. The van der Waals surface area contributed by atoms with Gasteiger partial charge in [0.2, 0.25) is 11.8 Å². The Morgan fingerprint density at radius 1 is 1.08 bits per heavy atom. The minimum atomic E-state index is -0.448. The van der Waals surface area contributed by atoms with Gasteiger partial charge in [-0.15, -0.1) is 0 Å². The molecule has 26 heavy (non-hydrogen) atoms. The minimum absolute atomic E-state index is 0.101. The lowest BCUT2D eigenvalue weighted by Gasteiger charge is -2.12. The molecule has 1 aliphatic heterocycles. The fraction of sp³-hybridized carbons (Fsp3) is 0.286. The van der Waals surface area contributed by atoms with Gasteiger partial charge in [-0.25, -0.2) is 0 Å². The van der Waals surface area contributed by atoms with E-state index in [0.29, 0.717) is 12.1 Å². The molecule has 0 unspecified atom stereocenters. The lowest BCUT2D eigenvalue weighted by Crippen LogP contribution is -2.20. The predicted octanol–water partition coefficient (Wildman–Crippen LogP) is 3.27. The second-order valence-electron chi connectivity index (χ2n) is 6.95. The molecule has 0 saturated heterocycles. The number of benzene rings is 2. The summed E-state index contributed by atoms with van der Waals surface area (Å²) in [6.07, 6.45) is 4.21. The molecule has 1 heterocycles. The van der Waals surface area contributed by atoms with E-state index in [4.69, 9.17) is 5.73 Å². The number of aliphatic imine (C=N–C) groups is 1. The molecule has 3 N–H and O–H groups in total. The van der Waals surface area contributed by atoms with E-state index in [1.807, 2.05) is 30.3 Å². The number of rotatable bonds is 4. The summed E-state index contributed by atoms with van der Waals surface area (Å²) < 4.78 is 0. The Morgan fingerprint density at radius 2 is 1.88 bits per heavy atom. The summed E-state index contributed by atoms with van der Waals surface area (Å²) in [5.41, 5.74) is 10.4. The van der Waals surface area contributed by atoms with E-state index in [2.05, 4.69) is 10.3 Å². The number of anilines is 1. The van der Waals surface area contributed by atoms with Gasteiger partial charge in [0.1, 0.15) is 0 Å². The number of carbonyl (C=O) groups is 2. The van der Waals surface area contributed by atoms with Crippen LogP contribution in [0.3, 0.4) is 0 Å². The number of nitrogens with two attached hydrogens (primary N) is 1. The summed E-state index contributed by atoms with van der Waals surface area (Å²) in [5, 5.41) is 3.03. The summed E-state index contributed by atoms with van der Waals surface area (Å²) in [5.74, 6) is -0.220. The van der Waals surface area contributed by atoms with Gasteiger partial charge in [-0.2, -0.15) is 0 Å². The van der Waals surface area contributed by atoms with Gasteiger partial charge in [0.05, 0.1) is 12.3 Å². The Balaban J connectivity index is 1.59. The maximum Gasteiger partial charge on any atom is 0.248 e. The number of carbonyl (C=O) groups excluding carboxylic acids is 2. The van der Waals surface area contributed by atoms with Crippen molar-refractivity contribution in [2.24, 2.45) is 16.6 Å². The van der Waals surface area contributed by atoms with E-state index < -0.39 is 5.91 Å². The monoisotopic (exact) mass is 347 g/mol. The number of primary amides is 1. The van der Waals surface area contributed by atoms with Crippen LogP contribution >= 0.6 is 0 Å². The molecule has 132 valence electrons. The highest BCUT2D eigenvalue weighted by Crippen LogP contribution is 2.28. The lowest BCUT2D eigenvalue weighted by molar-refractivity contribution is -0.119. The molecular formula is C21H21N3O2. The van der Waals surface area contributed by atoms with Crippen LogP contribution in [0.1, 0.15) is 52.7 Å². The minimum Gasteiger partial charge on any atom is -0.366 e. The molecular weight excluding hydrogens is 326 g/mol. The Labute approximate surface area is 152 Å². The van der Waals surface area contributed by atoms with Crippen molar-refractivity contribution in [2.75, 3.05) is 5.32 Å². The van der Waals surface area contributed by atoms with Gasteiger partial charge >= 0.3 is 0 Å². The number of nitrogens with one attached hydrogen (secondary N) is 1. The molecule has 2 amide bonds. The second-order valence-corrected chi connectivity index (χ2v) is 6.95. The van der Waals surface area contributed by atoms with Crippen LogP contribution in [0.2, 0.25) is 0 Å². The molecule has 2 aromatic carbocycles. The van der Waals surface area contributed by atoms with E-state index >= 15 is 0 Å². The first kappa shape index (κ1) is 16.5. The molecule has 1 fully saturated rings. The van der Waals surface area contributed by atoms with E-state index in [9.17, 15) is 9.59 Å². The van der Waals surface area contributed by atoms with Gasteiger partial charge in [-0.05, 0) is 42.7 Å². The molecule has 1 aliphatic carbocycles. The average Bonchev–Trinajstić information content (AvgIpc) is 3.31. The highest BCUT2D eigenvalue weighted by atomic mass is 16.2. The first-order valence-electron chi connectivity index (χ1n) is 9.00. The van der Waals surface area contributed by atoms with Gasteiger partial charge in [-0.3, -0.25) is 14.6 Å². The highest BCUT2D eigenvalue weighted by Gasteiger charge is 2.23. The van der Waals surface area contributed by atoms with Gasteiger partial charge in [0.25, 0.3) is 0 Å². The molecule has 0 aromatic heterocycles. The van der Waals surface area contributed by atoms with E-state index in [-0.39, 0.29) is 11.8 Å². The van der Waals surface area contributed by atoms with Crippen molar-refractivity contribution in [3.63, 3.8) is 0 Å². The summed E-state index contributed by atoms with van der Waals surface area (Å²) >= 11 is 0.